The van der Waals surface area contributed by atoms with Crippen LogP contribution in [0.25, 0.3) is 0 Å². The standard InChI is InChI=1S/C9H5As2ClN4/c10-8-7(9(11)16-15-8)14-13-6-4-2-1-3-5(6)12/h1-4H,(H,15,16). The number of aromatic amines is 1. The van der Waals surface area contributed by atoms with Crippen LogP contribution in [0.4, 0.5) is 11.4 Å². The van der Waals surface area contributed by atoms with E-state index >= 15 is 0 Å². The van der Waals surface area contributed by atoms with Crippen LogP contribution >= 0.6 is 11.6 Å². The zero-order valence-electron chi connectivity index (χ0n) is 7.92. The second kappa shape index (κ2) is 5.18. The average Bonchev–Trinajstić information content (AvgIpc) is 2.58. The third kappa shape index (κ3) is 2.57. The summed E-state index contributed by atoms with van der Waals surface area (Å²) in [6, 6.07) is 7.29. The minimum atomic E-state index is 0.578. The number of nitrogens with zero attached hydrogens (tertiary/aromatic N) is 3. The van der Waals surface area contributed by atoms with E-state index in [1.54, 1.807) is 12.1 Å². The summed E-state index contributed by atoms with van der Waals surface area (Å²) < 4.78 is 1.57. The van der Waals surface area contributed by atoms with Crippen LogP contribution < -0.4 is 8.96 Å². The first-order chi connectivity index (χ1) is 7.68. The zero-order valence-corrected chi connectivity index (χ0v) is 12.4. The normalized spacial score (nSPS) is 11.2. The first-order valence-corrected chi connectivity index (χ1v) is 6.56. The third-order valence-electron chi connectivity index (χ3n) is 1.81. The number of hydrogen-bond acceptors (Lipinski definition) is 3. The Bertz CT molecular complexity index is 519. The van der Waals surface area contributed by atoms with Gasteiger partial charge in [-0.3, -0.25) is 0 Å². The van der Waals surface area contributed by atoms with Crippen molar-refractivity contribution >= 4 is 65.6 Å². The number of aromatic nitrogens is 2. The van der Waals surface area contributed by atoms with E-state index in [0.717, 1.165) is 8.96 Å². The molecule has 1 aromatic heterocycles. The van der Waals surface area contributed by atoms with E-state index in [1.807, 2.05) is 12.1 Å². The summed E-state index contributed by atoms with van der Waals surface area (Å²) in [6.45, 7) is 0. The second-order valence-corrected chi connectivity index (χ2v) is 5.13. The molecule has 4 nitrogen and oxygen atoms in total. The van der Waals surface area contributed by atoms with Crippen LogP contribution in [-0.2, 0) is 0 Å². The van der Waals surface area contributed by atoms with Crippen molar-refractivity contribution in [3.63, 3.8) is 0 Å². The quantitative estimate of drug-likeness (QED) is 0.636. The van der Waals surface area contributed by atoms with Gasteiger partial charge in [0.25, 0.3) is 0 Å². The van der Waals surface area contributed by atoms with E-state index in [-0.39, 0.29) is 0 Å². The minimum absolute atomic E-state index is 0.578. The van der Waals surface area contributed by atoms with Gasteiger partial charge in [-0.1, -0.05) is 0 Å². The molecule has 0 saturated heterocycles. The molecule has 0 bridgehead atoms. The molecule has 0 saturated carbocycles. The van der Waals surface area contributed by atoms with Crippen LogP contribution in [0.2, 0.25) is 5.02 Å². The van der Waals surface area contributed by atoms with Crippen molar-refractivity contribution in [3.8, 4) is 0 Å². The number of rotatable bonds is 2. The van der Waals surface area contributed by atoms with Gasteiger partial charge < -0.3 is 0 Å². The van der Waals surface area contributed by atoms with Crippen molar-refractivity contribution in [2.75, 3.05) is 0 Å². The van der Waals surface area contributed by atoms with Crippen LogP contribution in [0.1, 0.15) is 0 Å². The predicted octanol–water partition coefficient (Wildman–Crippen LogP) is 1.07. The van der Waals surface area contributed by atoms with Gasteiger partial charge in [0.05, 0.1) is 0 Å². The number of benzene rings is 1. The maximum absolute atomic E-state index is 5.96. The van der Waals surface area contributed by atoms with Crippen LogP contribution in [0, 0.1) is 0 Å². The molecule has 7 heteroatoms. The molecule has 2 rings (SSSR count). The Balaban J connectivity index is 2.32. The van der Waals surface area contributed by atoms with E-state index in [4.69, 9.17) is 11.6 Å². The monoisotopic (exact) mass is 354 g/mol. The molecule has 4 radical (unpaired) electrons. The van der Waals surface area contributed by atoms with E-state index in [1.165, 1.54) is 0 Å². The van der Waals surface area contributed by atoms with Gasteiger partial charge in [0.2, 0.25) is 0 Å². The predicted molar refractivity (Wildman–Crippen MR) is 65.0 cm³/mol. The Kier molecular flexibility index (Phi) is 3.85. The number of hydrogen-bond donors (Lipinski definition) is 1. The molecule has 78 valence electrons. The Morgan fingerprint density at radius 3 is 2.56 bits per heavy atom. The van der Waals surface area contributed by atoms with E-state index in [9.17, 15) is 0 Å². The van der Waals surface area contributed by atoms with Gasteiger partial charge in [0.15, 0.2) is 0 Å². The summed E-state index contributed by atoms with van der Waals surface area (Å²) in [5, 5.41) is 15.6. The fraction of sp³-hybridized carbons (Fsp3) is 0. The zero-order chi connectivity index (χ0) is 11.5. The molecular formula is C9H5As2ClN4. The maximum atomic E-state index is 5.96. The summed E-state index contributed by atoms with van der Waals surface area (Å²) in [5.74, 6) is 0. The number of azo groups is 1. The van der Waals surface area contributed by atoms with Gasteiger partial charge in [0.1, 0.15) is 0 Å². The first kappa shape index (κ1) is 11.9. The van der Waals surface area contributed by atoms with Crippen molar-refractivity contribution in [3.05, 3.63) is 29.3 Å². The van der Waals surface area contributed by atoms with Crippen molar-refractivity contribution in [2.45, 2.75) is 0 Å². The fourth-order valence-corrected chi connectivity index (χ4v) is 2.49. The summed E-state index contributed by atoms with van der Waals surface area (Å²) in [5.41, 5.74) is 1.35. The van der Waals surface area contributed by atoms with Gasteiger partial charge in [-0.05, 0) is 0 Å². The Morgan fingerprint density at radius 2 is 1.94 bits per heavy atom. The van der Waals surface area contributed by atoms with Crippen LogP contribution in [-0.4, -0.2) is 43.9 Å². The average molecular weight is 354 g/mol. The Labute approximate surface area is 115 Å². The molecule has 0 atom stereocenters. The van der Waals surface area contributed by atoms with Gasteiger partial charge in [-0.25, -0.2) is 0 Å². The molecule has 1 aromatic carbocycles. The topological polar surface area (TPSA) is 53.4 Å². The molecule has 0 unspecified atom stereocenters. The van der Waals surface area contributed by atoms with E-state index in [0.29, 0.717) is 16.4 Å². The summed E-state index contributed by atoms with van der Waals surface area (Å²) in [6.07, 6.45) is 0. The van der Waals surface area contributed by atoms with Crippen LogP contribution in [0.3, 0.4) is 0 Å². The summed E-state index contributed by atoms with van der Waals surface area (Å²) >= 11 is 10.7. The van der Waals surface area contributed by atoms with Crippen LogP contribution in [0.5, 0.6) is 0 Å². The molecule has 0 aliphatic rings. The van der Waals surface area contributed by atoms with Crippen molar-refractivity contribution in [1.82, 2.24) is 10.2 Å². The molecule has 16 heavy (non-hydrogen) atoms. The van der Waals surface area contributed by atoms with Gasteiger partial charge in [-0.15, -0.1) is 0 Å². The molecule has 0 amide bonds. The van der Waals surface area contributed by atoms with Gasteiger partial charge in [0, 0.05) is 0 Å². The molecule has 2 aromatic rings. The first-order valence-electron chi connectivity index (χ1n) is 4.31. The fourth-order valence-electron chi connectivity index (χ4n) is 1.05. The van der Waals surface area contributed by atoms with Gasteiger partial charge >= 0.3 is 115 Å². The number of halogens is 1. The number of nitrogens with one attached hydrogen (secondary N) is 1. The molecule has 0 aliphatic heterocycles. The Hall–Kier alpha value is -0.563. The molecule has 0 fully saturated rings. The van der Waals surface area contributed by atoms with Crippen LogP contribution in [0.15, 0.2) is 34.5 Å². The number of H-pyrrole nitrogens is 1. The SMILES string of the molecule is Clc1ccccc1N=Nc1c([As])n[nH]c1[As]. The molecule has 0 aliphatic carbocycles. The van der Waals surface area contributed by atoms with Gasteiger partial charge in [-0.2, -0.15) is 0 Å². The summed E-state index contributed by atoms with van der Waals surface area (Å²) in [7, 11) is 0. The van der Waals surface area contributed by atoms with E-state index < -0.39 is 0 Å². The molecule has 0 spiro atoms. The van der Waals surface area contributed by atoms with E-state index in [2.05, 4.69) is 54.1 Å². The second-order valence-electron chi connectivity index (χ2n) is 2.90. The van der Waals surface area contributed by atoms with Crippen molar-refractivity contribution < 1.29 is 0 Å². The molecule has 1 N–H and O–H groups in total. The molecular weight excluding hydrogens is 349 g/mol. The Morgan fingerprint density at radius 1 is 1.19 bits per heavy atom. The summed E-state index contributed by atoms with van der Waals surface area (Å²) in [4.78, 5) is 0. The van der Waals surface area contributed by atoms with Crippen molar-refractivity contribution in [2.24, 2.45) is 10.2 Å². The van der Waals surface area contributed by atoms with Crippen molar-refractivity contribution in [1.29, 1.82) is 0 Å². The third-order valence-corrected chi connectivity index (χ3v) is 3.44. The molecule has 1 heterocycles.